The van der Waals surface area contributed by atoms with Crippen LogP contribution in [-0.2, 0) is 0 Å². The van der Waals surface area contributed by atoms with Crippen LogP contribution in [0, 0.1) is 0 Å². The van der Waals surface area contributed by atoms with Crippen molar-refractivity contribution in [3.63, 3.8) is 0 Å². The molecule has 0 saturated carbocycles. The van der Waals surface area contributed by atoms with Crippen LogP contribution in [0.2, 0.25) is 0 Å². The van der Waals surface area contributed by atoms with Crippen LogP contribution in [0.15, 0.2) is 24.5 Å². The minimum Gasteiger partial charge on any atom is -0.478 e. The first-order valence-corrected chi connectivity index (χ1v) is 5.98. The predicted octanol–water partition coefficient (Wildman–Crippen LogP) is 1.19. The van der Waals surface area contributed by atoms with Gasteiger partial charge in [-0.25, -0.2) is 14.5 Å². The number of carboxylic acids is 1. The summed E-state index contributed by atoms with van der Waals surface area (Å²) in [7, 11) is 0. The van der Waals surface area contributed by atoms with Crippen molar-refractivity contribution in [1.82, 2.24) is 14.8 Å². The van der Waals surface area contributed by atoms with Gasteiger partial charge in [-0.2, -0.15) is 5.10 Å². The molecule has 0 fully saturated rings. The van der Waals surface area contributed by atoms with Crippen LogP contribution in [0.5, 0.6) is 0 Å². The molecule has 0 aliphatic heterocycles. The highest BCUT2D eigenvalue weighted by Gasteiger charge is 2.13. The Morgan fingerprint density at radius 3 is 2.50 bits per heavy atom. The van der Waals surface area contributed by atoms with Gasteiger partial charge in [-0.15, -0.1) is 0 Å². The number of nitrogens with two attached hydrogens (primary N) is 1. The Morgan fingerprint density at radius 2 is 2.00 bits per heavy atom. The van der Waals surface area contributed by atoms with E-state index in [9.17, 15) is 9.59 Å². The molecule has 0 aliphatic rings. The van der Waals surface area contributed by atoms with E-state index >= 15 is 0 Å². The molecule has 0 saturated heterocycles. The number of hydrogen-bond donors (Lipinski definition) is 2. The van der Waals surface area contributed by atoms with E-state index in [1.807, 2.05) is 13.8 Å². The number of aromatic nitrogens is 3. The standard InChI is InChI=1S/C13H14N4O3/c1-7(2)10-3-8(13(19)20)4-11(16-10)17-6-9(5-15-17)12(14)18/h3-7H,1-2H3,(H2,14,18)(H,19,20). The maximum absolute atomic E-state index is 11.1. The van der Waals surface area contributed by atoms with E-state index < -0.39 is 11.9 Å². The molecule has 2 rings (SSSR count). The lowest BCUT2D eigenvalue weighted by Gasteiger charge is -2.09. The van der Waals surface area contributed by atoms with E-state index in [-0.39, 0.29) is 17.0 Å². The SMILES string of the molecule is CC(C)c1cc(C(=O)O)cc(-n2cc(C(N)=O)cn2)n1. The number of rotatable bonds is 4. The van der Waals surface area contributed by atoms with Gasteiger partial charge in [0.1, 0.15) is 0 Å². The molecule has 0 aliphatic carbocycles. The molecule has 20 heavy (non-hydrogen) atoms. The summed E-state index contributed by atoms with van der Waals surface area (Å²) >= 11 is 0. The van der Waals surface area contributed by atoms with Crippen molar-refractivity contribution in [2.24, 2.45) is 5.73 Å². The van der Waals surface area contributed by atoms with Gasteiger partial charge in [0.05, 0.1) is 17.3 Å². The molecule has 0 radical (unpaired) electrons. The first-order chi connectivity index (χ1) is 9.38. The van der Waals surface area contributed by atoms with E-state index in [0.29, 0.717) is 11.5 Å². The maximum Gasteiger partial charge on any atom is 0.335 e. The van der Waals surface area contributed by atoms with Crippen molar-refractivity contribution in [3.8, 4) is 5.82 Å². The second kappa shape index (κ2) is 5.12. The fourth-order valence-electron chi connectivity index (χ4n) is 1.65. The van der Waals surface area contributed by atoms with Crippen LogP contribution in [0.4, 0.5) is 0 Å². The van der Waals surface area contributed by atoms with E-state index in [0.717, 1.165) is 0 Å². The molecular weight excluding hydrogens is 260 g/mol. The van der Waals surface area contributed by atoms with Crippen LogP contribution in [0.1, 0.15) is 46.2 Å². The normalized spacial score (nSPS) is 10.8. The topological polar surface area (TPSA) is 111 Å². The van der Waals surface area contributed by atoms with Crippen molar-refractivity contribution in [2.75, 3.05) is 0 Å². The van der Waals surface area contributed by atoms with Crippen molar-refractivity contribution >= 4 is 11.9 Å². The zero-order chi connectivity index (χ0) is 14.9. The first-order valence-electron chi connectivity index (χ1n) is 5.98. The third-order valence-electron chi connectivity index (χ3n) is 2.77. The Hall–Kier alpha value is -2.70. The van der Waals surface area contributed by atoms with Gasteiger partial charge in [-0.1, -0.05) is 13.8 Å². The maximum atomic E-state index is 11.1. The number of carbonyl (C=O) groups is 2. The number of nitrogens with zero attached hydrogens (tertiary/aromatic N) is 3. The number of pyridine rings is 1. The Balaban J connectivity index is 2.54. The van der Waals surface area contributed by atoms with Gasteiger partial charge in [0, 0.05) is 11.9 Å². The molecular formula is C13H14N4O3. The molecule has 0 unspecified atom stereocenters. The fraction of sp³-hybridized carbons (Fsp3) is 0.231. The number of amides is 1. The number of carboxylic acid groups (broad SMARTS) is 1. The van der Waals surface area contributed by atoms with Crippen LogP contribution in [-0.4, -0.2) is 31.7 Å². The Kier molecular flexibility index (Phi) is 3.51. The van der Waals surface area contributed by atoms with Crippen LogP contribution in [0.3, 0.4) is 0 Å². The summed E-state index contributed by atoms with van der Waals surface area (Å²) in [5.74, 6) is -1.24. The Bertz CT molecular complexity index is 676. The second-order valence-electron chi connectivity index (χ2n) is 4.64. The largest absolute Gasteiger partial charge is 0.478 e. The minimum atomic E-state index is -1.04. The second-order valence-corrected chi connectivity index (χ2v) is 4.64. The Morgan fingerprint density at radius 1 is 1.30 bits per heavy atom. The highest BCUT2D eigenvalue weighted by molar-refractivity contribution is 5.92. The highest BCUT2D eigenvalue weighted by Crippen LogP contribution is 2.17. The summed E-state index contributed by atoms with van der Waals surface area (Å²) in [5, 5.41) is 13.1. The van der Waals surface area contributed by atoms with Gasteiger partial charge in [-0.05, 0) is 18.1 Å². The fourth-order valence-corrected chi connectivity index (χ4v) is 1.65. The van der Waals surface area contributed by atoms with Gasteiger partial charge in [0.15, 0.2) is 5.82 Å². The van der Waals surface area contributed by atoms with Crippen molar-refractivity contribution in [2.45, 2.75) is 19.8 Å². The third kappa shape index (κ3) is 2.66. The van der Waals surface area contributed by atoms with Crippen LogP contribution < -0.4 is 5.73 Å². The monoisotopic (exact) mass is 274 g/mol. The highest BCUT2D eigenvalue weighted by atomic mass is 16.4. The van der Waals surface area contributed by atoms with Crippen LogP contribution in [0.25, 0.3) is 5.82 Å². The lowest BCUT2D eigenvalue weighted by Crippen LogP contribution is -2.10. The smallest absolute Gasteiger partial charge is 0.335 e. The van der Waals surface area contributed by atoms with Crippen molar-refractivity contribution in [1.29, 1.82) is 0 Å². The zero-order valence-corrected chi connectivity index (χ0v) is 11.1. The van der Waals surface area contributed by atoms with E-state index in [1.165, 1.54) is 29.2 Å². The van der Waals surface area contributed by atoms with Gasteiger partial charge in [0.25, 0.3) is 5.91 Å². The molecule has 7 nitrogen and oxygen atoms in total. The molecule has 2 heterocycles. The van der Waals surface area contributed by atoms with Gasteiger partial charge in [0.2, 0.25) is 0 Å². The zero-order valence-electron chi connectivity index (χ0n) is 11.1. The van der Waals surface area contributed by atoms with Crippen molar-refractivity contribution < 1.29 is 14.7 Å². The summed E-state index contributed by atoms with van der Waals surface area (Å²) in [6.07, 6.45) is 2.73. The molecule has 3 N–H and O–H groups in total. The number of aromatic carboxylic acids is 1. The molecule has 104 valence electrons. The lowest BCUT2D eigenvalue weighted by atomic mass is 10.1. The molecule has 0 aromatic carbocycles. The van der Waals surface area contributed by atoms with Gasteiger partial charge in [-0.3, -0.25) is 4.79 Å². The molecule has 2 aromatic rings. The average molecular weight is 274 g/mol. The molecule has 0 atom stereocenters. The summed E-state index contributed by atoms with van der Waals surface area (Å²) < 4.78 is 1.33. The van der Waals surface area contributed by atoms with E-state index in [1.54, 1.807) is 0 Å². The summed E-state index contributed by atoms with van der Waals surface area (Å²) in [6, 6.07) is 2.92. The third-order valence-corrected chi connectivity index (χ3v) is 2.77. The number of carbonyl (C=O) groups excluding carboxylic acids is 1. The lowest BCUT2D eigenvalue weighted by molar-refractivity contribution is 0.0696. The predicted molar refractivity (Wildman–Crippen MR) is 70.9 cm³/mol. The molecule has 1 amide bonds. The average Bonchev–Trinajstić information content (AvgIpc) is 2.87. The van der Waals surface area contributed by atoms with Gasteiger partial charge < -0.3 is 10.8 Å². The first kappa shape index (κ1) is 13.7. The summed E-state index contributed by atoms with van der Waals surface area (Å²) in [5.41, 5.74) is 6.14. The molecule has 0 spiro atoms. The van der Waals surface area contributed by atoms with Gasteiger partial charge >= 0.3 is 5.97 Å². The quantitative estimate of drug-likeness (QED) is 0.869. The molecule has 7 heteroatoms. The summed E-state index contributed by atoms with van der Waals surface area (Å²) in [4.78, 5) is 26.5. The summed E-state index contributed by atoms with van der Waals surface area (Å²) in [6.45, 7) is 3.82. The molecule has 0 bridgehead atoms. The minimum absolute atomic E-state index is 0.0687. The number of primary amides is 1. The van der Waals surface area contributed by atoms with Crippen LogP contribution >= 0.6 is 0 Å². The molecule has 2 aromatic heterocycles. The Labute approximate surface area is 115 Å². The van der Waals surface area contributed by atoms with Crippen molar-refractivity contribution in [3.05, 3.63) is 41.3 Å². The number of hydrogen-bond acceptors (Lipinski definition) is 4. The van der Waals surface area contributed by atoms with E-state index in [4.69, 9.17) is 10.8 Å². The van der Waals surface area contributed by atoms with E-state index in [2.05, 4.69) is 10.1 Å².